The van der Waals surface area contributed by atoms with Crippen LogP contribution in [-0.2, 0) is 7.05 Å². The van der Waals surface area contributed by atoms with Gasteiger partial charge in [0.05, 0.1) is 35.4 Å². The smallest absolute Gasteiger partial charge is 0.230 e. The number of aryl methyl sites for hydroxylation is 1. The number of halogens is 1. The van der Waals surface area contributed by atoms with Crippen LogP contribution in [0.5, 0.6) is 0 Å². The van der Waals surface area contributed by atoms with Gasteiger partial charge in [-0.2, -0.15) is 5.10 Å². The molecular weight excluding hydrogens is 411 g/mol. The van der Waals surface area contributed by atoms with E-state index >= 15 is 0 Å². The predicted octanol–water partition coefficient (Wildman–Crippen LogP) is 4.35. The Hall–Kier alpha value is -3.85. The van der Waals surface area contributed by atoms with Crippen LogP contribution in [0, 0.1) is 5.82 Å². The number of aliphatic hydroxyl groups is 1. The average molecular weight is 432 g/mol. The predicted molar refractivity (Wildman–Crippen MR) is 117 cm³/mol. The molecule has 0 aliphatic heterocycles. The van der Waals surface area contributed by atoms with Gasteiger partial charge in [-0.25, -0.2) is 19.3 Å². The lowest BCUT2D eigenvalue weighted by atomic mass is 9.97. The summed E-state index contributed by atoms with van der Waals surface area (Å²) in [5, 5.41) is 16.3. The maximum Gasteiger partial charge on any atom is 0.230 e. The van der Waals surface area contributed by atoms with Gasteiger partial charge in [0.2, 0.25) is 5.71 Å². The van der Waals surface area contributed by atoms with E-state index in [-0.39, 0.29) is 11.9 Å². The summed E-state index contributed by atoms with van der Waals surface area (Å²) >= 11 is 0. The van der Waals surface area contributed by atoms with Gasteiger partial charge in [0.25, 0.3) is 0 Å². The number of rotatable bonds is 3. The minimum atomic E-state index is -0.293. The van der Waals surface area contributed by atoms with Gasteiger partial charge in [0.1, 0.15) is 17.8 Å². The van der Waals surface area contributed by atoms with Crippen molar-refractivity contribution in [2.24, 2.45) is 7.05 Å². The van der Waals surface area contributed by atoms with Gasteiger partial charge < -0.3 is 14.1 Å². The van der Waals surface area contributed by atoms with Crippen molar-refractivity contribution < 1.29 is 13.9 Å². The zero-order valence-electron chi connectivity index (χ0n) is 17.4. The molecule has 0 bridgehead atoms. The van der Waals surface area contributed by atoms with Crippen LogP contribution in [0.3, 0.4) is 0 Å². The van der Waals surface area contributed by atoms with E-state index in [2.05, 4.69) is 25.1 Å². The van der Waals surface area contributed by atoms with Crippen LogP contribution >= 0.6 is 0 Å². The molecule has 0 amide bonds. The molecule has 2 N–H and O–H groups in total. The number of hydrogen-bond donors (Lipinski definition) is 2. The molecule has 0 radical (unpaired) electrons. The number of benzene rings is 1. The molecule has 9 heteroatoms. The van der Waals surface area contributed by atoms with E-state index < -0.39 is 0 Å². The molecule has 1 saturated carbocycles. The number of hydrogen-bond acceptors (Lipinski definition) is 6. The highest BCUT2D eigenvalue weighted by Crippen LogP contribution is 2.35. The molecule has 8 nitrogen and oxygen atoms in total. The van der Waals surface area contributed by atoms with Gasteiger partial charge in [-0.3, -0.25) is 5.10 Å². The second kappa shape index (κ2) is 8.35. The highest BCUT2D eigenvalue weighted by atomic mass is 19.1. The summed E-state index contributed by atoms with van der Waals surface area (Å²) in [6.07, 6.45) is 10.1. The Morgan fingerprint density at radius 1 is 1.16 bits per heavy atom. The number of furan rings is 1. The number of H-pyrrole nitrogens is 1. The number of imidazole rings is 1. The van der Waals surface area contributed by atoms with Gasteiger partial charge in [0, 0.05) is 24.4 Å². The normalized spacial score (nSPS) is 13.6. The van der Waals surface area contributed by atoms with Gasteiger partial charge >= 0.3 is 0 Å². The molecule has 1 fully saturated rings. The quantitative estimate of drug-likeness (QED) is 0.439. The molecule has 1 aliphatic carbocycles. The molecule has 0 unspecified atom stereocenters. The van der Waals surface area contributed by atoms with Crippen molar-refractivity contribution in [1.82, 2.24) is 29.7 Å². The SMILES string of the molecule is Cn1cnc(-c2cc3c(-c4cn[nH]c4-c4ccc(F)cc4)ncnc3o2)c1.OC1CCC1. The van der Waals surface area contributed by atoms with Gasteiger partial charge in [-0.05, 0) is 49.6 Å². The van der Waals surface area contributed by atoms with Crippen LogP contribution in [0.25, 0.3) is 45.1 Å². The van der Waals surface area contributed by atoms with Crippen molar-refractivity contribution in [3.63, 3.8) is 0 Å². The number of aliphatic hydroxyl groups excluding tert-OH is 1. The molecule has 0 atom stereocenters. The molecule has 32 heavy (non-hydrogen) atoms. The van der Waals surface area contributed by atoms with E-state index in [4.69, 9.17) is 9.52 Å². The lowest BCUT2D eigenvalue weighted by Gasteiger charge is -2.17. The Bertz CT molecular complexity index is 1350. The minimum Gasteiger partial charge on any atom is -0.436 e. The first-order chi connectivity index (χ1) is 15.6. The molecule has 0 saturated heterocycles. The monoisotopic (exact) mass is 432 g/mol. The number of aromatic amines is 1. The van der Waals surface area contributed by atoms with Crippen molar-refractivity contribution in [3.8, 4) is 34.0 Å². The first kappa shape index (κ1) is 20.1. The molecule has 1 aromatic carbocycles. The van der Waals surface area contributed by atoms with E-state index in [1.807, 2.05) is 23.9 Å². The highest BCUT2D eigenvalue weighted by Gasteiger charge is 2.18. The Labute approximate surface area is 182 Å². The maximum absolute atomic E-state index is 13.3. The summed E-state index contributed by atoms with van der Waals surface area (Å²) in [6.45, 7) is 0. The fourth-order valence-electron chi connectivity index (χ4n) is 3.43. The first-order valence-corrected chi connectivity index (χ1v) is 10.3. The van der Waals surface area contributed by atoms with Crippen molar-refractivity contribution >= 4 is 11.1 Å². The van der Waals surface area contributed by atoms with Crippen LogP contribution in [0.15, 0.2) is 59.8 Å². The van der Waals surface area contributed by atoms with Crippen LogP contribution in [-0.4, -0.2) is 40.9 Å². The van der Waals surface area contributed by atoms with Crippen molar-refractivity contribution in [2.75, 3.05) is 0 Å². The van der Waals surface area contributed by atoms with E-state index in [9.17, 15) is 4.39 Å². The van der Waals surface area contributed by atoms with E-state index in [0.29, 0.717) is 22.9 Å². The lowest BCUT2D eigenvalue weighted by molar-refractivity contribution is 0.0950. The number of aromatic nitrogens is 6. The summed E-state index contributed by atoms with van der Waals surface area (Å²) in [6, 6.07) is 8.08. The summed E-state index contributed by atoms with van der Waals surface area (Å²) in [7, 11) is 1.89. The first-order valence-electron chi connectivity index (χ1n) is 10.3. The Kier molecular flexibility index (Phi) is 5.24. The topological polar surface area (TPSA) is 106 Å². The van der Waals surface area contributed by atoms with Crippen molar-refractivity contribution in [2.45, 2.75) is 25.4 Å². The van der Waals surface area contributed by atoms with Crippen LogP contribution in [0.2, 0.25) is 0 Å². The number of fused-ring (bicyclic) bond motifs is 1. The summed E-state index contributed by atoms with van der Waals surface area (Å²) in [4.78, 5) is 13.0. The zero-order valence-corrected chi connectivity index (χ0v) is 17.4. The Morgan fingerprint density at radius 3 is 2.59 bits per heavy atom. The highest BCUT2D eigenvalue weighted by molar-refractivity contribution is 5.95. The van der Waals surface area contributed by atoms with Crippen LogP contribution in [0.4, 0.5) is 4.39 Å². The lowest BCUT2D eigenvalue weighted by Crippen LogP contribution is -2.15. The second-order valence-corrected chi connectivity index (χ2v) is 7.73. The third-order valence-corrected chi connectivity index (χ3v) is 5.39. The number of nitrogens with one attached hydrogen (secondary N) is 1. The van der Waals surface area contributed by atoms with Crippen LogP contribution in [0.1, 0.15) is 19.3 Å². The van der Waals surface area contributed by atoms with E-state index in [1.165, 1.54) is 24.9 Å². The Morgan fingerprint density at radius 2 is 1.94 bits per heavy atom. The van der Waals surface area contributed by atoms with Crippen molar-refractivity contribution in [1.29, 1.82) is 0 Å². The molecule has 6 rings (SSSR count). The molecule has 162 valence electrons. The fraction of sp³-hybridized carbons (Fsp3) is 0.217. The Balaban J connectivity index is 0.000000383. The largest absolute Gasteiger partial charge is 0.436 e. The molecule has 5 aromatic rings. The molecule has 1 aliphatic rings. The maximum atomic E-state index is 13.3. The average Bonchev–Trinajstić information content (AvgIpc) is 3.52. The molecule has 4 heterocycles. The van der Waals surface area contributed by atoms with E-state index in [0.717, 1.165) is 35.0 Å². The van der Waals surface area contributed by atoms with E-state index in [1.54, 1.807) is 24.7 Å². The summed E-state index contributed by atoms with van der Waals surface area (Å²) in [5.74, 6) is 0.318. The fourth-order valence-corrected chi connectivity index (χ4v) is 3.43. The second-order valence-electron chi connectivity index (χ2n) is 7.73. The standard InChI is InChI=1S/C19H13FN6O.C4H8O/c1-26-8-15(23-10-26)16-6-13-18(21-9-22-19(13)27-16)14-7-24-25-17(14)11-2-4-12(20)5-3-11;5-4-2-1-3-4/h2-10H,1H3,(H,24,25);4-5H,1-3H2. The van der Waals surface area contributed by atoms with Gasteiger partial charge in [0.15, 0.2) is 5.76 Å². The summed E-state index contributed by atoms with van der Waals surface area (Å²) in [5.41, 5.74) is 4.19. The van der Waals surface area contributed by atoms with Crippen LogP contribution < -0.4 is 0 Å². The minimum absolute atomic E-state index is 0.0648. The third kappa shape index (κ3) is 3.90. The zero-order chi connectivity index (χ0) is 22.1. The third-order valence-electron chi connectivity index (χ3n) is 5.39. The number of nitrogens with zero attached hydrogens (tertiary/aromatic N) is 5. The van der Waals surface area contributed by atoms with Gasteiger partial charge in [-0.15, -0.1) is 0 Å². The van der Waals surface area contributed by atoms with Crippen molar-refractivity contribution in [3.05, 3.63) is 61.2 Å². The molecule has 4 aromatic heterocycles. The summed E-state index contributed by atoms with van der Waals surface area (Å²) < 4.78 is 21.0. The molecular formula is C23H21FN6O2. The van der Waals surface area contributed by atoms with Gasteiger partial charge in [-0.1, -0.05) is 0 Å². The molecule has 0 spiro atoms.